The molecule has 4 rings (SSSR count). The zero-order chi connectivity index (χ0) is 28.3. The van der Waals surface area contributed by atoms with Gasteiger partial charge in [0.25, 0.3) is 0 Å². The minimum atomic E-state index is -0.960. The molecule has 9 heteroatoms. The standard InChI is InChI=1S/C31H35FN4O4/c1-40-26-18-12-22(13-19-26)21-36(29(38)11-6-10-28(37)35-27-9-4-5-20-33-27)30(23-14-16-24(32)17-15-23)31(39)34-25-7-2-3-8-25/h4-5,9,12-20,25,30H,2-3,6-8,10-11,21H2,1H3,(H,34,39)(H,33,35,37)/t30-/m0/s1. The van der Waals surface area contributed by atoms with E-state index >= 15 is 0 Å². The molecule has 0 aliphatic heterocycles. The van der Waals surface area contributed by atoms with Crippen molar-refractivity contribution >= 4 is 23.5 Å². The molecule has 8 nitrogen and oxygen atoms in total. The topological polar surface area (TPSA) is 101 Å². The molecule has 0 radical (unpaired) electrons. The van der Waals surface area contributed by atoms with E-state index in [9.17, 15) is 18.8 Å². The summed E-state index contributed by atoms with van der Waals surface area (Å²) in [5.74, 6) is -0.131. The van der Waals surface area contributed by atoms with Crippen molar-refractivity contribution < 1.29 is 23.5 Å². The summed E-state index contributed by atoms with van der Waals surface area (Å²) in [4.78, 5) is 45.5. The third kappa shape index (κ3) is 8.11. The van der Waals surface area contributed by atoms with E-state index in [0.29, 0.717) is 17.1 Å². The van der Waals surface area contributed by atoms with Crippen LogP contribution in [0.25, 0.3) is 0 Å². The number of nitrogens with zero attached hydrogens (tertiary/aromatic N) is 2. The number of anilines is 1. The van der Waals surface area contributed by atoms with Crippen molar-refractivity contribution in [3.63, 3.8) is 0 Å². The third-order valence-electron chi connectivity index (χ3n) is 7.01. The van der Waals surface area contributed by atoms with Gasteiger partial charge in [0.05, 0.1) is 7.11 Å². The lowest BCUT2D eigenvalue weighted by atomic mass is 10.0. The van der Waals surface area contributed by atoms with Crippen LogP contribution < -0.4 is 15.4 Å². The first kappa shape index (κ1) is 28.7. The monoisotopic (exact) mass is 546 g/mol. The van der Waals surface area contributed by atoms with Crippen molar-refractivity contribution in [1.29, 1.82) is 0 Å². The van der Waals surface area contributed by atoms with Crippen LogP contribution in [0.4, 0.5) is 10.2 Å². The molecule has 210 valence electrons. The Morgan fingerprint density at radius 3 is 2.38 bits per heavy atom. The Kier molecular flexibility index (Phi) is 10.2. The van der Waals surface area contributed by atoms with Gasteiger partial charge in [-0.2, -0.15) is 0 Å². The number of hydrogen-bond acceptors (Lipinski definition) is 5. The maximum Gasteiger partial charge on any atom is 0.247 e. The fourth-order valence-corrected chi connectivity index (χ4v) is 4.91. The number of aromatic nitrogens is 1. The molecule has 0 spiro atoms. The highest BCUT2D eigenvalue weighted by Crippen LogP contribution is 2.28. The van der Waals surface area contributed by atoms with Gasteiger partial charge < -0.3 is 20.3 Å². The maximum absolute atomic E-state index is 13.8. The lowest BCUT2D eigenvalue weighted by molar-refractivity contribution is -0.142. The first-order valence-electron chi connectivity index (χ1n) is 13.6. The lowest BCUT2D eigenvalue weighted by Gasteiger charge is -2.32. The first-order valence-corrected chi connectivity index (χ1v) is 13.6. The molecule has 1 fully saturated rings. The van der Waals surface area contributed by atoms with Crippen LogP contribution in [-0.2, 0) is 20.9 Å². The van der Waals surface area contributed by atoms with Crippen molar-refractivity contribution in [2.45, 2.75) is 63.6 Å². The quantitative estimate of drug-likeness (QED) is 0.327. The van der Waals surface area contributed by atoms with Crippen LogP contribution in [0.15, 0.2) is 72.9 Å². The zero-order valence-corrected chi connectivity index (χ0v) is 22.6. The van der Waals surface area contributed by atoms with E-state index in [0.717, 1.165) is 31.2 Å². The van der Waals surface area contributed by atoms with Crippen LogP contribution in [0.3, 0.4) is 0 Å². The Morgan fingerprint density at radius 2 is 1.73 bits per heavy atom. The van der Waals surface area contributed by atoms with Gasteiger partial charge >= 0.3 is 0 Å². The molecule has 1 aromatic heterocycles. The predicted octanol–water partition coefficient (Wildman–Crippen LogP) is 5.17. The minimum Gasteiger partial charge on any atom is -0.497 e. The molecule has 1 aliphatic carbocycles. The largest absolute Gasteiger partial charge is 0.497 e. The average molecular weight is 547 g/mol. The van der Waals surface area contributed by atoms with E-state index in [1.165, 1.54) is 17.0 Å². The molecular weight excluding hydrogens is 511 g/mol. The molecule has 0 bridgehead atoms. The number of carbonyl (C=O) groups is 3. The van der Waals surface area contributed by atoms with Gasteiger partial charge in [-0.15, -0.1) is 0 Å². The third-order valence-corrected chi connectivity index (χ3v) is 7.01. The summed E-state index contributed by atoms with van der Waals surface area (Å²) >= 11 is 0. The molecule has 2 N–H and O–H groups in total. The zero-order valence-electron chi connectivity index (χ0n) is 22.6. The minimum absolute atomic E-state index is 0.0451. The lowest BCUT2D eigenvalue weighted by Crippen LogP contribution is -2.45. The number of rotatable bonds is 12. The molecule has 1 atom stereocenters. The Bertz CT molecular complexity index is 1260. The van der Waals surface area contributed by atoms with Gasteiger partial charge in [-0.05, 0) is 66.8 Å². The van der Waals surface area contributed by atoms with Gasteiger partial charge in [-0.1, -0.05) is 43.2 Å². The van der Waals surface area contributed by atoms with Gasteiger partial charge in [0.1, 0.15) is 23.4 Å². The van der Waals surface area contributed by atoms with Crippen LogP contribution in [0.2, 0.25) is 0 Å². The second-order valence-corrected chi connectivity index (χ2v) is 9.93. The fourth-order valence-electron chi connectivity index (χ4n) is 4.91. The van der Waals surface area contributed by atoms with Crippen molar-refractivity contribution in [1.82, 2.24) is 15.2 Å². The number of halogens is 1. The molecular formula is C31H35FN4O4. The van der Waals surface area contributed by atoms with E-state index in [2.05, 4.69) is 15.6 Å². The number of methoxy groups -OCH3 is 1. The molecule has 0 unspecified atom stereocenters. The van der Waals surface area contributed by atoms with E-state index in [4.69, 9.17) is 4.74 Å². The molecule has 2 aromatic carbocycles. The number of benzene rings is 2. The molecule has 1 heterocycles. The average Bonchev–Trinajstić information content (AvgIpc) is 3.47. The Labute approximate surface area is 233 Å². The Hall–Kier alpha value is -4.27. The molecule has 3 amide bonds. The fraction of sp³-hybridized carbons (Fsp3) is 0.355. The van der Waals surface area contributed by atoms with E-state index in [1.807, 2.05) is 12.1 Å². The van der Waals surface area contributed by atoms with Crippen LogP contribution in [0.1, 0.15) is 62.1 Å². The summed E-state index contributed by atoms with van der Waals surface area (Å²) in [5.41, 5.74) is 1.33. The van der Waals surface area contributed by atoms with Crippen LogP contribution in [-0.4, -0.2) is 40.8 Å². The van der Waals surface area contributed by atoms with Gasteiger partial charge in [-0.3, -0.25) is 14.4 Å². The van der Waals surface area contributed by atoms with Crippen LogP contribution in [0, 0.1) is 5.82 Å². The van der Waals surface area contributed by atoms with Crippen molar-refractivity contribution in [2.24, 2.45) is 0 Å². The van der Waals surface area contributed by atoms with E-state index in [1.54, 1.807) is 55.8 Å². The molecule has 1 aliphatic rings. The first-order chi connectivity index (χ1) is 19.4. The Balaban J connectivity index is 1.54. The van der Waals surface area contributed by atoms with Gasteiger partial charge in [-0.25, -0.2) is 9.37 Å². The highest BCUT2D eigenvalue weighted by molar-refractivity contribution is 5.91. The number of pyridine rings is 1. The highest BCUT2D eigenvalue weighted by atomic mass is 19.1. The van der Waals surface area contributed by atoms with Crippen LogP contribution >= 0.6 is 0 Å². The van der Waals surface area contributed by atoms with Crippen LogP contribution in [0.5, 0.6) is 5.75 Å². The molecule has 40 heavy (non-hydrogen) atoms. The molecule has 0 saturated heterocycles. The number of amides is 3. The van der Waals surface area contributed by atoms with E-state index < -0.39 is 11.9 Å². The molecule has 3 aromatic rings. The summed E-state index contributed by atoms with van der Waals surface area (Å²) in [7, 11) is 1.58. The number of carbonyl (C=O) groups excluding carboxylic acids is 3. The summed E-state index contributed by atoms with van der Waals surface area (Å²) in [6.07, 6.45) is 5.91. The number of nitrogens with one attached hydrogen (secondary N) is 2. The van der Waals surface area contributed by atoms with Gasteiger partial charge in [0.15, 0.2) is 0 Å². The van der Waals surface area contributed by atoms with Crippen molar-refractivity contribution in [2.75, 3.05) is 12.4 Å². The number of ether oxygens (including phenoxy) is 1. The maximum atomic E-state index is 13.8. The van der Waals surface area contributed by atoms with Gasteiger partial charge in [0.2, 0.25) is 17.7 Å². The highest BCUT2D eigenvalue weighted by Gasteiger charge is 2.33. The smallest absolute Gasteiger partial charge is 0.247 e. The van der Waals surface area contributed by atoms with Gasteiger partial charge in [0, 0.05) is 31.6 Å². The SMILES string of the molecule is COc1ccc(CN(C(=O)CCCC(=O)Nc2ccccn2)[C@H](C(=O)NC2CCCC2)c2ccc(F)cc2)cc1. The predicted molar refractivity (Wildman–Crippen MR) is 150 cm³/mol. The summed E-state index contributed by atoms with van der Waals surface area (Å²) in [6, 6.07) is 17.3. The van der Waals surface area contributed by atoms with Crippen molar-refractivity contribution in [3.05, 3.63) is 89.9 Å². The molecule has 1 saturated carbocycles. The summed E-state index contributed by atoms with van der Waals surface area (Å²) in [5, 5.41) is 5.84. The summed E-state index contributed by atoms with van der Waals surface area (Å²) in [6.45, 7) is 0.156. The Morgan fingerprint density at radius 1 is 1.00 bits per heavy atom. The van der Waals surface area contributed by atoms with E-state index in [-0.39, 0.29) is 49.6 Å². The van der Waals surface area contributed by atoms with Crippen molar-refractivity contribution in [3.8, 4) is 5.75 Å². The number of hydrogen-bond donors (Lipinski definition) is 2. The second kappa shape index (κ2) is 14.2. The summed E-state index contributed by atoms with van der Waals surface area (Å²) < 4.78 is 19.1. The normalized spacial score (nSPS) is 13.8. The second-order valence-electron chi connectivity index (χ2n) is 9.93.